The fourth-order valence-electron chi connectivity index (χ4n) is 1.78. The molecule has 0 bridgehead atoms. The van der Waals surface area contributed by atoms with Gasteiger partial charge in [-0.3, -0.25) is 4.79 Å². The average Bonchev–Trinajstić information content (AvgIpc) is 2.84. The lowest BCUT2D eigenvalue weighted by molar-refractivity contribution is -0.118. The first-order chi connectivity index (χ1) is 7.81. The number of hydrogen-bond acceptors (Lipinski definition) is 2. The van der Waals surface area contributed by atoms with Crippen molar-refractivity contribution in [1.29, 1.82) is 0 Å². The minimum atomic E-state index is -0.168. The van der Waals surface area contributed by atoms with Gasteiger partial charge in [-0.1, -0.05) is 37.0 Å². The Morgan fingerprint density at radius 1 is 1.41 bits per heavy atom. The van der Waals surface area contributed by atoms with E-state index in [1.54, 1.807) is 0 Å². The SMILES string of the molecule is CC1(C)CC1C(=O)Nc1cc(Cl)c(O)c(Cl)c1. The smallest absolute Gasteiger partial charge is 0.228 e. The quantitative estimate of drug-likeness (QED) is 0.808. The van der Waals surface area contributed by atoms with E-state index in [1.165, 1.54) is 12.1 Å². The molecule has 1 aromatic rings. The van der Waals surface area contributed by atoms with Crippen molar-refractivity contribution in [2.45, 2.75) is 20.3 Å². The molecule has 1 aliphatic carbocycles. The van der Waals surface area contributed by atoms with Crippen molar-refractivity contribution in [3.05, 3.63) is 22.2 Å². The van der Waals surface area contributed by atoms with Gasteiger partial charge in [-0.2, -0.15) is 0 Å². The van der Waals surface area contributed by atoms with Gasteiger partial charge in [0.1, 0.15) is 0 Å². The van der Waals surface area contributed by atoms with E-state index in [2.05, 4.69) is 5.32 Å². The number of hydrogen-bond donors (Lipinski definition) is 2. The third-order valence-corrected chi connectivity index (χ3v) is 3.69. The van der Waals surface area contributed by atoms with Crippen LogP contribution in [-0.4, -0.2) is 11.0 Å². The highest BCUT2D eigenvalue weighted by Crippen LogP contribution is 2.52. The van der Waals surface area contributed by atoms with Gasteiger partial charge in [0, 0.05) is 11.6 Å². The summed E-state index contributed by atoms with van der Waals surface area (Å²) in [5, 5.41) is 12.4. The molecule has 0 aromatic heterocycles. The van der Waals surface area contributed by atoms with Crippen molar-refractivity contribution in [2.75, 3.05) is 5.32 Å². The van der Waals surface area contributed by atoms with Gasteiger partial charge in [0.05, 0.1) is 10.0 Å². The highest BCUT2D eigenvalue weighted by Gasteiger charge is 2.50. The first kappa shape index (κ1) is 12.5. The summed E-state index contributed by atoms with van der Waals surface area (Å²) in [6.07, 6.45) is 0.887. The molecule has 0 heterocycles. The van der Waals surface area contributed by atoms with Crippen LogP contribution in [0.4, 0.5) is 5.69 Å². The largest absolute Gasteiger partial charge is 0.505 e. The second kappa shape index (κ2) is 4.07. The average molecular weight is 274 g/mol. The van der Waals surface area contributed by atoms with Gasteiger partial charge >= 0.3 is 0 Å². The first-order valence-electron chi connectivity index (χ1n) is 5.30. The minimum absolute atomic E-state index is 0.0344. The number of anilines is 1. The molecule has 0 spiro atoms. The molecule has 1 aliphatic rings. The second-order valence-corrected chi connectivity index (χ2v) is 5.84. The number of nitrogens with one attached hydrogen (secondary N) is 1. The molecule has 1 saturated carbocycles. The maximum absolute atomic E-state index is 11.8. The van der Waals surface area contributed by atoms with E-state index in [0.717, 1.165) is 6.42 Å². The zero-order valence-corrected chi connectivity index (χ0v) is 11.1. The van der Waals surface area contributed by atoms with Crippen LogP contribution in [-0.2, 0) is 4.79 Å². The Bertz CT molecular complexity index is 462. The van der Waals surface area contributed by atoms with Gasteiger partial charge in [-0.25, -0.2) is 0 Å². The van der Waals surface area contributed by atoms with Gasteiger partial charge in [-0.05, 0) is 24.0 Å². The molecule has 1 aromatic carbocycles. The summed E-state index contributed by atoms with van der Waals surface area (Å²) >= 11 is 11.5. The van der Waals surface area contributed by atoms with Gasteiger partial charge in [-0.15, -0.1) is 0 Å². The Kier molecular flexibility index (Phi) is 3.00. The Labute approximate surface area is 110 Å². The predicted octanol–water partition coefficient (Wildman–Crippen LogP) is 3.68. The highest BCUT2D eigenvalue weighted by molar-refractivity contribution is 6.37. The monoisotopic (exact) mass is 273 g/mol. The van der Waals surface area contributed by atoms with Crippen LogP contribution in [0.15, 0.2) is 12.1 Å². The van der Waals surface area contributed by atoms with Gasteiger partial charge < -0.3 is 10.4 Å². The molecule has 2 rings (SSSR count). The van der Waals surface area contributed by atoms with Crippen LogP contribution in [0.25, 0.3) is 0 Å². The first-order valence-corrected chi connectivity index (χ1v) is 6.06. The minimum Gasteiger partial charge on any atom is -0.505 e. The molecule has 3 nitrogen and oxygen atoms in total. The van der Waals surface area contributed by atoms with E-state index < -0.39 is 0 Å². The van der Waals surface area contributed by atoms with E-state index in [9.17, 15) is 9.90 Å². The van der Waals surface area contributed by atoms with Crippen LogP contribution in [0.3, 0.4) is 0 Å². The zero-order chi connectivity index (χ0) is 12.8. The van der Waals surface area contributed by atoms with Crippen molar-refractivity contribution in [2.24, 2.45) is 11.3 Å². The molecular weight excluding hydrogens is 261 g/mol. The van der Waals surface area contributed by atoms with Crippen LogP contribution in [0, 0.1) is 11.3 Å². The summed E-state index contributed by atoms with van der Waals surface area (Å²) in [5.74, 6) is -0.167. The van der Waals surface area contributed by atoms with Crippen molar-refractivity contribution in [1.82, 2.24) is 0 Å². The number of carbonyl (C=O) groups is 1. The fourth-order valence-corrected chi connectivity index (χ4v) is 2.27. The van der Waals surface area contributed by atoms with E-state index in [4.69, 9.17) is 23.2 Å². The molecular formula is C12H13Cl2NO2. The van der Waals surface area contributed by atoms with Crippen LogP contribution in [0.2, 0.25) is 10.0 Å². The number of amides is 1. The van der Waals surface area contributed by atoms with E-state index in [0.29, 0.717) is 5.69 Å². The van der Waals surface area contributed by atoms with Crippen molar-refractivity contribution in [3.63, 3.8) is 0 Å². The highest BCUT2D eigenvalue weighted by atomic mass is 35.5. The third kappa shape index (κ3) is 2.50. The van der Waals surface area contributed by atoms with Crippen molar-refractivity contribution >= 4 is 34.8 Å². The van der Waals surface area contributed by atoms with Crippen molar-refractivity contribution < 1.29 is 9.90 Å². The molecule has 2 N–H and O–H groups in total. The lowest BCUT2D eigenvalue weighted by atomic mass is 10.1. The van der Waals surface area contributed by atoms with E-state index in [-0.39, 0.29) is 33.0 Å². The number of halogens is 2. The zero-order valence-electron chi connectivity index (χ0n) is 9.55. The maximum atomic E-state index is 11.8. The summed E-state index contributed by atoms with van der Waals surface area (Å²) in [6.45, 7) is 4.10. The lowest BCUT2D eigenvalue weighted by Crippen LogP contribution is -2.16. The Morgan fingerprint density at radius 2 is 1.88 bits per heavy atom. The predicted molar refractivity (Wildman–Crippen MR) is 68.6 cm³/mol. The third-order valence-electron chi connectivity index (χ3n) is 3.11. The van der Waals surface area contributed by atoms with Crippen molar-refractivity contribution in [3.8, 4) is 5.75 Å². The molecule has 1 unspecified atom stereocenters. The molecule has 1 amide bonds. The topological polar surface area (TPSA) is 49.3 Å². The lowest BCUT2D eigenvalue weighted by Gasteiger charge is -2.08. The van der Waals surface area contributed by atoms with E-state index in [1.807, 2.05) is 13.8 Å². The molecule has 0 aliphatic heterocycles. The molecule has 5 heteroatoms. The van der Waals surface area contributed by atoms with Crippen LogP contribution in [0.5, 0.6) is 5.75 Å². The number of benzene rings is 1. The Balaban J connectivity index is 2.12. The summed E-state index contributed by atoms with van der Waals surface area (Å²) < 4.78 is 0. The molecule has 1 atom stereocenters. The van der Waals surface area contributed by atoms with Crippen LogP contribution < -0.4 is 5.32 Å². The van der Waals surface area contributed by atoms with Gasteiger partial charge in [0.15, 0.2) is 5.75 Å². The maximum Gasteiger partial charge on any atom is 0.228 e. The summed E-state index contributed by atoms with van der Waals surface area (Å²) in [7, 11) is 0. The number of aromatic hydroxyl groups is 1. The molecule has 1 fully saturated rings. The Hall–Kier alpha value is -0.930. The number of phenolic OH excluding ortho intramolecular Hbond substituents is 1. The molecule has 0 saturated heterocycles. The summed E-state index contributed by atoms with van der Waals surface area (Å²) in [5.41, 5.74) is 0.583. The molecule has 0 radical (unpaired) electrons. The number of phenols is 1. The summed E-state index contributed by atoms with van der Waals surface area (Å²) in [4.78, 5) is 11.8. The van der Waals surface area contributed by atoms with Crippen LogP contribution >= 0.6 is 23.2 Å². The molecule has 17 heavy (non-hydrogen) atoms. The second-order valence-electron chi connectivity index (χ2n) is 5.02. The number of rotatable bonds is 2. The Morgan fingerprint density at radius 3 is 2.29 bits per heavy atom. The standard InChI is InChI=1S/C12H13Cl2NO2/c1-12(2)5-7(12)11(17)15-6-3-8(13)10(16)9(14)4-6/h3-4,7,16H,5H2,1-2H3,(H,15,17). The molecule has 92 valence electrons. The van der Waals surface area contributed by atoms with E-state index >= 15 is 0 Å². The number of carbonyl (C=O) groups excluding carboxylic acids is 1. The fraction of sp³-hybridized carbons (Fsp3) is 0.417. The van der Waals surface area contributed by atoms with Gasteiger partial charge in [0.25, 0.3) is 0 Å². The van der Waals surface area contributed by atoms with Gasteiger partial charge in [0.2, 0.25) is 5.91 Å². The normalized spacial score (nSPS) is 21.1. The van der Waals surface area contributed by atoms with Crippen LogP contribution in [0.1, 0.15) is 20.3 Å². The summed E-state index contributed by atoms with van der Waals surface area (Å²) in [6, 6.07) is 2.96.